The van der Waals surface area contributed by atoms with E-state index in [0.29, 0.717) is 23.1 Å². The average molecular weight is 495 g/mol. The molecule has 0 fully saturated rings. The van der Waals surface area contributed by atoms with Crippen LogP contribution in [0.5, 0.6) is 5.75 Å². The highest BCUT2D eigenvalue weighted by molar-refractivity contribution is 5.84. The molecule has 0 unspecified atom stereocenters. The molecule has 0 aliphatic heterocycles. The van der Waals surface area contributed by atoms with Crippen LogP contribution in [0.15, 0.2) is 60.7 Å². The SMILES string of the molecule is CCCCOc1cc(F)c(CCc2ccc(C#Cc3ccc4c(F)c(F)ccc4c3)c(F)c2)c(F)c1. The predicted molar refractivity (Wildman–Crippen MR) is 130 cm³/mol. The van der Waals surface area contributed by atoms with E-state index in [4.69, 9.17) is 4.74 Å². The lowest BCUT2D eigenvalue weighted by molar-refractivity contribution is 0.305. The molecule has 6 heteroatoms. The summed E-state index contributed by atoms with van der Waals surface area (Å²) in [5.41, 5.74) is 1.17. The van der Waals surface area contributed by atoms with Gasteiger partial charge in [-0.3, -0.25) is 0 Å². The molecule has 0 amide bonds. The monoisotopic (exact) mass is 494 g/mol. The summed E-state index contributed by atoms with van der Waals surface area (Å²) in [7, 11) is 0. The van der Waals surface area contributed by atoms with Gasteiger partial charge in [0.05, 0.1) is 12.2 Å². The summed E-state index contributed by atoms with van der Waals surface area (Å²) in [5.74, 6) is 1.92. The second kappa shape index (κ2) is 11.3. The summed E-state index contributed by atoms with van der Waals surface area (Å²) in [4.78, 5) is 0. The maximum atomic E-state index is 14.6. The molecule has 0 aliphatic rings. The van der Waals surface area contributed by atoms with Crippen molar-refractivity contribution in [3.05, 3.63) is 112 Å². The largest absolute Gasteiger partial charge is 0.493 e. The Morgan fingerprint density at radius 2 is 1.50 bits per heavy atom. The third kappa shape index (κ3) is 5.85. The Kier molecular flexibility index (Phi) is 7.90. The van der Waals surface area contributed by atoms with Gasteiger partial charge in [-0.25, -0.2) is 22.0 Å². The van der Waals surface area contributed by atoms with Crippen LogP contribution in [0, 0.1) is 40.9 Å². The fourth-order valence-corrected chi connectivity index (χ4v) is 3.80. The zero-order chi connectivity index (χ0) is 25.7. The molecular formula is C30H23F5O. The Bertz CT molecular complexity index is 1440. The number of ether oxygens (including phenoxy) is 1. The fourth-order valence-electron chi connectivity index (χ4n) is 3.80. The maximum absolute atomic E-state index is 14.6. The Balaban J connectivity index is 1.45. The van der Waals surface area contributed by atoms with Gasteiger partial charge in [-0.05, 0) is 60.5 Å². The molecule has 184 valence electrons. The summed E-state index contributed by atoms with van der Waals surface area (Å²) in [6.45, 7) is 2.39. The van der Waals surface area contributed by atoms with Gasteiger partial charge in [0.1, 0.15) is 23.2 Å². The van der Waals surface area contributed by atoms with Crippen molar-refractivity contribution in [2.24, 2.45) is 0 Å². The van der Waals surface area contributed by atoms with Gasteiger partial charge in [-0.1, -0.05) is 43.4 Å². The lowest BCUT2D eigenvalue weighted by Gasteiger charge is -2.10. The molecule has 0 spiro atoms. The fraction of sp³-hybridized carbons (Fsp3) is 0.200. The number of aryl methyl sites for hydroxylation is 1. The van der Waals surface area contributed by atoms with Crippen LogP contribution in [-0.2, 0) is 12.8 Å². The Morgan fingerprint density at radius 1 is 0.722 bits per heavy atom. The van der Waals surface area contributed by atoms with Gasteiger partial charge in [-0.15, -0.1) is 0 Å². The zero-order valence-corrected chi connectivity index (χ0v) is 19.6. The molecule has 36 heavy (non-hydrogen) atoms. The highest BCUT2D eigenvalue weighted by Crippen LogP contribution is 2.24. The molecule has 0 saturated carbocycles. The van der Waals surface area contributed by atoms with Crippen LogP contribution in [0.2, 0.25) is 0 Å². The average Bonchev–Trinajstić information content (AvgIpc) is 2.85. The summed E-state index contributed by atoms with van der Waals surface area (Å²) >= 11 is 0. The molecule has 0 N–H and O–H groups in total. The zero-order valence-electron chi connectivity index (χ0n) is 19.6. The molecule has 0 radical (unpaired) electrons. The van der Waals surface area contributed by atoms with Crippen molar-refractivity contribution in [2.75, 3.05) is 6.61 Å². The van der Waals surface area contributed by atoms with Crippen molar-refractivity contribution < 1.29 is 26.7 Å². The van der Waals surface area contributed by atoms with Crippen molar-refractivity contribution in [1.82, 2.24) is 0 Å². The molecule has 0 aliphatic carbocycles. The number of hydrogen-bond acceptors (Lipinski definition) is 1. The van der Waals surface area contributed by atoms with E-state index in [1.807, 2.05) is 6.92 Å². The topological polar surface area (TPSA) is 9.23 Å². The van der Waals surface area contributed by atoms with Crippen LogP contribution in [0.3, 0.4) is 0 Å². The van der Waals surface area contributed by atoms with Gasteiger partial charge in [0.25, 0.3) is 0 Å². The molecule has 4 aromatic rings. The number of fused-ring (bicyclic) bond motifs is 1. The smallest absolute Gasteiger partial charge is 0.166 e. The van der Waals surface area contributed by atoms with Crippen LogP contribution in [-0.4, -0.2) is 6.61 Å². The highest BCUT2D eigenvalue weighted by Gasteiger charge is 2.13. The van der Waals surface area contributed by atoms with Crippen molar-refractivity contribution >= 4 is 10.8 Å². The molecule has 0 aromatic heterocycles. The lowest BCUT2D eigenvalue weighted by Crippen LogP contribution is -2.03. The predicted octanol–water partition coefficient (Wildman–Crippen LogP) is 7.90. The number of halogens is 5. The van der Waals surface area contributed by atoms with Crippen LogP contribution in [0.1, 0.15) is 42.0 Å². The van der Waals surface area contributed by atoms with Crippen LogP contribution >= 0.6 is 0 Å². The van der Waals surface area contributed by atoms with Crippen LogP contribution < -0.4 is 4.74 Å². The van der Waals surface area contributed by atoms with Crippen LogP contribution in [0.4, 0.5) is 22.0 Å². The van der Waals surface area contributed by atoms with Gasteiger partial charge in [-0.2, -0.15) is 0 Å². The molecule has 1 nitrogen and oxygen atoms in total. The minimum Gasteiger partial charge on any atom is -0.493 e. The molecule has 0 bridgehead atoms. The number of unbranched alkanes of at least 4 members (excludes halogenated alkanes) is 1. The van der Waals surface area contributed by atoms with Gasteiger partial charge in [0, 0.05) is 28.6 Å². The van der Waals surface area contributed by atoms with E-state index in [-0.39, 0.29) is 35.1 Å². The van der Waals surface area contributed by atoms with E-state index < -0.39 is 29.1 Å². The quantitative estimate of drug-likeness (QED) is 0.144. The first-order valence-electron chi connectivity index (χ1n) is 11.6. The van der Waals surface area contributed by atoms with E-state index in [0.717, 1.165) is 18.9 Å². The lowest BCUT2D eigenvalue weighted by atomic mass is 10.0. The second-order valence-electron chi connectivity index (χ2n) is 8.43. The van der Waals surface area contributed by atoms with E-state index in [2.05, 4.69) is 11.8 Å². The van der Waals surface area contributed by atoms with E-state index >= 15 is 0 Å². The minimum atomic E-state index is -0.928. The summed E-state index contributed by atoms with van der Waals surface area (Å²) < 4.78 is 76.0. The van der Waals surface area contributed by atoms with Gasteiger partial charge < -0.3 is 4.74 Å². The molecule has 0 heterocycles. The van der Waals surface area contributed by atoms with Gasteiger partial charge in [0.2, 0.25) is 0 Å². The van der Waals surface area contributed by atoms with Crippen LogP contribution in [0.25, 0.3) is 10.8 Å². The third-order valence-electron chi connectivity index (χ3n) is 5.83. The summed E-state index contributed by atoms with van der Waals surface area (Å²) in [6, 6.07) is 13.9. The van der Waals surface area contributed by atoms with Crippen molar-refractivity contribution in [2.45, 2.75) is 32.6 Å². The van der Waals surface area contributed by atoms with Crippen molar-refractivity contribution in [3.8, 4) is 17.6 Å². The molecule has 0 saturated heterocycles. The summed E-state index contributed by atoms with van der Waals surface area (Å²) in [6.07, 6.45) is 2.00. The summed E-state index contributed by atoms with van der Waals surface area (Å²) in [5, 5.41) is 0.624. The van der Waals surface area contributed by atoms with Gasteiger partial charge >= 0.3 is 0 Å². The van der Waals surface area contributed by atoms with E-state index in [1.165, 1.54) is 42.5 Å². The molecule has 4 aromatic carbocycles. The maximum Gasteiger partial charge on any atom is 0.166 e. The molecule has 4 rings (SSSR count). The minimum absolute atomic E-state index is 0.0611. The number of rotatable bonds is 7. The number of benzene rings is 4. The first-order valence-corrected chi connectivity index (χ1v) is 11.6. The third-order valence-corrected chi connectivity index (χ3v) is 5.83. The van der Waals surface area contributed by atoms with Crippen molar-refractivity contribution in [3.63, 3.8) is 0 Å². The van der Waals surface area contributed by atoms with E-state index in [9.17, 15) is 22.0 Å². The normalized spacial score (nSPS) is 10.8. The molecule has 0 atom stereocenters. The standard InChI is InChI=1S/C30H23F5O/c1-2-3-14-36-23-17-28(33)25(29(34)18-23)12-7-20-5-9-21(27(32)16-20)8-4-19-6-11-24-22(15-19)10-13-26(31)30(24)35/h5-6,9-11,13,15-18H,2-3,7,12,14H2,1H3. The first kappa shape index (κ1) is 25.2. The van der Waals surface area contributed by atoms with E-state index in [1.54, 1.807) is 12.1 Å². The highest BCUT2D eigenvalue weighted by atomic mass is 19.2. The Labute approximate surface area is 206 Å². The van der Waals surface area contributed by atoms with Crippen molar-refractivity contribution in [1.29, 1.82) is 0 Å². The Morgan fingerprint density at radius 3 is 2.22 bits per heavy atom. The molecular weight excluding hydrogens is 471 g/mol. The second-order valence-corrected chi connectivity index (χ2v) is 8.43. The van der Waals surface area contributed by atoms with Gasteiger partial charge in [0.15, 0.2) is 11.6 Å². The Hall–Kier alpha value is -3.85. The first-order chi connectivity index (χ1) is 17.4. The number of hydrogen-bond donors (Lipinski definition) is 0.